The zero-order chi connectivity index (χ0) is 17.2. The third-order valence-electron chi connectivity index (χ3n) is 5.04. The van der Waals surface area contributed by atoms with Gasteiger partial charge in [-0.05, 0) is 56.0 Å². The molecule has 1 amide bonds. The average Bonchev–Trinajstić information content (AvgIpc) is 3.17. The van der Waals surface area contributed by atoms with Crippen molar-refractivity contribution in [1.29, 1.82) is 0 Å². The Kier molecular flexibility index (Phi) is 4.36. The Morgan fingerprint density at radius 2 is 1.80 bits per heavy atom. The molecular weight excluding hydrogens is 316 g/mol. The van der Waals surface area contributed by atoms with Gasteiger partial charge in [0.2, 0.25) is 11.8 Å². The van der Waals surface area contributed by atoms with Crippen LogP contribution in [-0.2, 0) is 4.79 Å². The largest absolute Gasteiger partial charge is 0.473 e. The van der Waals surface area contributed by atoms with E-state index in [1.807, 2.05) is 36.4 Å². The van der Waals surface area contributed by atoms with E-state index < -0.39 is 0 Å². The lowest BCUT2D eigenvalue weighted by Gasteiger charge is -2.13. The number of ether oxygens (including phenoxy) is 1. The molecule has 2 heterocycles. The Hall–Kier alpha value is -2.47. The minimum absolute atomic E-state index is 0.0825. The summed E-state index contributed by atoms with van der Waals surface area (Å²) in [5.74, 6) is 2.01. The van der Waals surface area contributed by atoms with Crippen molar-refractivity contribution in [3.8, 4) is 17.1 Å². The number of carbonyl (C=O) groups is 1. The minimum atomic E-state index is -0.0825. The summed E-state index contributed by atoms with van der Waals surface area (Å²) in [5, 5.41) is 14.7. The van der Waals surface area contributed by atoms with Crippen LogP contribution in [-0.4, -0.2) is 35.3 Å². The SMILES string of the molecule is CC(=O)Nc1ccc(-c2ccc(O[C@@H]3CC4CNC[C@H]4C3)nn2)cc1. The highest BCUT2D eigenvalue weighted by molar-refractivity contribution is 5.88. The number of carbonyl (C=O) groups excluding carboxylic acids is 1. The van der Waals surface area contributed by atoms with Crippen molar-refractivity contribution in [1.82, 2.24) is 15.5 Å². The van der Waals surface area contributed by atoms with Gasteiger partial charge in [0.05, 0.1) is 5.69 Å². The average molecular weight is 338 g/mol. The van der Waals surface area contributed by atoms with Gasteiger partial charge in [0.1, 0.15) is 6.10 Å². The fraction of sp³-hybridized carbons (Fsp3) is 0.421. The predicted molar refractivity (Wildman–Crippen MR) is 95.3 cm³/mol. The van der Waals surface area contributed by atoms with Crippen molar-refractivity contribution in [2.45, 2.75) is 25.9 Å². The molecule has 1 aromatic heterocycles. The fourth-order valence-corrected chi connectivity index (χ4v) is 3.84. The second-order valence-corrected chi connectivity index (χ2v) is 6.91. The molecule has 3 atom stereocenters. The Morgan fingerprint density at radius 1 is 1.08 bits per heavy atom. The van der Waals surface area contributed by atoms with Crippen LogP contribution in [0.15, 0.2) is 36.4 Å². The smallest absolute Gasteiger partial charge is 0.233 e. The van der Waals surface area contributed by atoms with E-state index in [-0.39, 0.29) is 12.0 Å². The number of rotatable bonds is 4. The lowest BCUT2D eigenvalue weighted by molar-refractivity contribution is -0.114. The highest BCUT2D eigenvalue weighted by Gasteiger charge is 2.38. The second kappa shape index (κ2) is 6.80. The first-order valence-electron chi connectivity index (χ1n) is 8.76. The normalized spacial score (nSPS) is 24.8. The second-order valence-electron chi connectivity index (χ2n) is 6.91. The molecule has 1 aliphatic heterocycles. The first kappa shape index (κ1) is 16.0. The molecule has 0 bridgehead atoms. The summed E-state index contributed by atoms with van der Waals surface area (Å²) in [5.41, 5.74) is 2.51. The topological polar surface area (TPSA) is 76.1 Å². The molecule has 1 saturated heterocycles. The quantitative estimate of drug-likeness (QED) is 0.896. The molecule has 2 aliphatic rings. The van der Waals surface area contributed by atoms with Gasteiger partial charge in [-0.2, -0.15) is 0 Å². The first-order valence-corrected chi connectivity index (χ1v) is 8.76. The number of amides is 1. The van der Waals surface area contributed by atoms with E-state index >= 15 is 0 Å². The molecular formula is C19H22N4O2. The van der Waals surface area contributed by atoms with Crippen LogP contribution in [0, 0.1) is 11.8 Å². The molecule has 130 valence electrons. The van der Waals surface area contributed by atoms with Crippen molar-refractivity contribution < 1.29 is 9.53 Å². The van der Waals surface area contributed by atoms with Gasteiger partial charge in [0.15, 0.2) is 0 Å². The fourth-order valence-electron chi connectivity index (χ4n) is 3.84. The number of hydrogen-bond donors (Lipinski definition) is 2. The zero-order valence-electron chi connectivity index (χ0n) is 14.2. The molecule has 25 heavy (non-hydrogen) atoms. The van der Waals surface area contributed by atoms with Crippen molar-refractivity contribution in [3.63, 3.8) is 0 Å². The lowest BCUT2D eigenvalue weighted by Crippen LogP contribution is -2.19. The number of hydrogen-bond acceptors (Lipinski definition) is 5. The maximum atomic E-state index is 11.1. The molecule has 2 fully saturated rings. The van der Waals surface area contributed by atoms with Crippen molar-refractivity contribution in [2.75, 3.05) is 18.4 Å². The van der Waals surface area contributed by atoms with Crippen molar-refractivity contribution in [2.24, 2.45) is 11.8 Å². The number of benzene rings is 1. The van der Waals surface area contributed by atoms with E-state index in [2.05, 4.69) is 20.8 Å². The number of anilines is 1. The molecule has 1 aromatic carbocycles. The zero-order valence-corrected chi connectivity index (χ0v) is 14.2. The van der Waals surface area contributed by atoms with E-state index in [0.29, 0.717) is 5.88 Å². The third-order valence-corrected chi connectivity index (χ3v) is 5.04. The van der Waals surface area contributed by atoms with Crippen LogP contribution >= 0.6 is 0 Å². The van der Waals surface area contributed by atoms with E-state index in [0.717, 1.165) is 54.7 Å². The summed E-state index contributed by atoms with van der Waals surface area (Å²) in [6, 6.07) is 11.4. The van der Waals surface area contributed by atoms with Gasteiger partial charge in [-0.15, -0.1) is 10.2 Å². The van der Waals surface area contributed by atoms with Crippen LogP contribution in [0.3, 0.4) is 0 Å². The van der Waals surface area contributed by atoms with E-state index in [9.17, 15) is 4.79 Å². The number of fused-ring (bicyclic) bond motifs is 1. The van der Waals surface area contributed by atoms with Crippen LogP contribution < -0.4 is 15.4 Å². The Balaban J connectivity index is 1.39. The van der Waals surface area contributed by atoms with Crippen LogP contribution in [0.1, 0.15) is 19.8 Å². The van der Waals surface area contributed by atoms with Crippen LogP contribution in [0.2, 0.25) is 0 Å². The lowest BCUT2D eigenvalue weighted by atomic mass is 10.0. The summed E-state index contributed by atoms with van der Waals surface area (Å²) < 4.78 is 6.02. The molecule has 0 spiro atoms. The van der Waals surface area contributed by atoms with Gasteiger partial charge in [0, 0.05) is 24.2 Å². The molecule has 0 radical (unpaired) electrons. The van der Waals surface area contributed by atoms with E-state index in [1.165, 1.54) is 6.92 Å². The molecule has 6 heteroatoms. The minimum Gasteiger partial charge on any atom is -0.473 e. The maximum Gasteiger partial charge on any atom is 0.233 e. The molecule has 1 unspecified atom stereocenters. The monoisotopic (exact) mass is 338 g/mol. The third kappa shape index (κ3) is 3.64. The predicted octanol–water partition coefficient (Wildman–Crippen LogP) is 2.48. The Bertz CT molecular complexity index is 733. The molecule has 1 saturated carbocycles. The number of nitrogens with zero attached hydrogens (tertiary/aromatic N) is 2. The Morgan fingerprint density at radius 3 is 2.40 bits per heavy atom. The summed E-state index contributed by atoms with van der Waals surface area (Å²) in [7, 11) is 0. The standard InChI is InChI=1S/C19H22N4O2/c1-12(24)21-16-4-2-13(3-5-16)18-6-7-19(23-22-18)25-17-8-14-10-20-11-15(14)9-17/h2-7,14-15,17,20H,8-11H2,1H3,(H,21,24)/t14-,15?,17+/m1/s1. The maximum absolute atomic E-state index is 11.1. The van der Waals surface area contributed by atoms with E-state index in [1.54, 1.807) is 0 Å². The highest BCUT2D eigenvalue weighted by atomic mass is 16.5. The van der Waals surface area contributed by atoms with Crippen LogP contribution in [0.5, 0.6) is 5.88 Å². The summed E-state index contributed by atoms with van der Waals surface area (Å²) in [4.78, 5) is 11.1. The van der Waals surface area contributed by atoms with Crippen LogP contribution in [0.25, 0.3) is 11.3 Å². The van der Waals surface area contributed by atoms with Crippen LogP contribution in [0.4, 0.5) is 5.69 Å². The first-order chi connectivity index (χ1) is 12.2. The van der Waals surface area contributed by atoms with Gasteiger partial charge in [0.25, 0.3) is 0 Å². The Labute approximate surface area is 147 Å². The van der Waals surface area contributed by atoms with Gasteiger partial charge in [-0.25, -0.2) is 0 Å². The van der Waals surface area contributed by atoms with E-state index in [4.69, 9.17) is 4.74 Å². The van der Waals surface area contributed by atoms with Crippen molar-refractivity contribution >= 4 is 11.6 Å². The molecule has 1 aliphatic carbocycles. The molecule has 6 nitrogen and oxygen atoms in total. The molecule has 2 N–H and O–H groups in total. The number of aromatic nitrogens is 2. The summed E-state index contributed by atoms with van der Waals surface area (Å²) in [6.07, 6.45) is 2.46. The number of nitrogens with one attached hydrogen (secondary N) is 2. The summed E-state index contributed by atoms with van der Waals surface area (Å²) in [6.45, 7) is 3.72. The van der Waals surface area contributed by atoms with Gasteiger partial charge in [-0.3, -0.25) is 4.79 Å². The van der Waals surface area contributed by atoms with Crippen molar-refractivity contribution in [3.05, 3.63) is 36.4 Å². The highest BCUT2D eigenvalue weighted by Crippen LogP contribution is 2.36. The van der Waals surface area contributed by atoms with Gasteiger partial charge >= 0.3 is 0 Å². The molecule has 4 rings (SSSR count). The molecule has 2 aromatic rings. The van der Waals surface area contributed by atoms with Gasteiger partial charge in [-0.1, -0.05) is 12.1 Å². The van der Waals surface area contributed by atoms with Gasteiger partial charge < -0.3 is 15.4 Å². The summed E-state index contributed by atoms with van der Waals surface area (Å²) >= 11 is 0.